The minimum Gasteiger partial charge on any atom is -0.486 e. The molecule has 3 heterocycles. The fourth-order valence-corrected chi connectivity index (χ4v) is 4.02. The average molecular weight is 490 g/mol. The fraction of sp³-hybridized carbons (Fsp3) is 0.160. The third kappa shape index (κ3) is 4.99. The Balaban J connectivity index is 1.27. The summed E-state index contributed by atoms with van der Waals surface area (Å²) in [4.78, 5) is 48.4. The zero-order chi connectivity index (χ0) is 24.4. The van der Waals surface area contributed by atoms with Crippen molar-refractivity contribution in [1.29, 1.82) is 0 Å². The minimum atomic E-state index is -0.400. The number of halogens is 1. The first-order chi connectivity index (χ1) is 17.0. The Kier molecular flexibility index (Phi) is 6.15. The maximum absolute atomic E-state index is 12.9. The minimum absolute atomic E-state index is 0.0184. The summed E-state index contributed by atoms with van der Waals surface area (Å²) in [5, 5.41) is 6.26. The molecule has 9 nitrogen and oxygen atoms in total. The second-order valence-corrected chi connectivity index (χ2v) is 8.56. The number of amides is 2. The molecule has 2 amide bonds. The Hall–Kier alpha value is -4.24. The van der Waals surface area contributed by atoms with Crippen molar-refractivity contribution >= 4 is 45.9 Å². The second-order valence-electron chi connectivity index (χ2n) is 8.13. The summed E-state index contributed by atoms with van der Waals surface area (Å²) >= 11 is 5.89. The molecule has 0 fully saturated rings. The summed E-state index contributed by atoms with van der Waals surface area (Å²) in [6.45, 7) is 0.337. The normalized spacial score (nSPS) is 12.7. The summed E-state index contributed by atoms with van der Waals surface area (Å²) in [6, 6.07) is 12.5. The van der Waals surface area contributed by atoms with E-state index in [0.717, 1.165) is 16.7 Å². The van der Waals surface area contributed by atoms with E-state index in [1.807, 2.05) is 12.1 Å². The molecule has 2 aromatic heterocycles. The van der Waals surface area contributed by atoms with Crippen LogP contribution in [0.2, 0.25) is 5.02 Å². The largest absolute Gasteiger partial charge is 0.486 e. The quantitative estimate of drug-likeness (QED) is 0.382. The van der Waals surface area contributed by atoms with Crippen molar-refractivity contribution in [2.75, 3.05) is 11.9 Å². The van der Waals surface area contributed by atoms with E-state index in [1.165, 1.54) is 6.33 Å². The topological polar surface area (TPSA) is 126 Å². The summed E-state index contributed by atoms with van der Waals surface area (Å²) in [5.41, 5.74) is 3.91. The van der Waals surface area contributed by atoms with Gasteiger partial charge in [0.1, 0.15) is 24.2 Å². The van der Waals surface area contributed by atoms with Crippen LogP contribution in [-0.4, -0.2) is 39.2 Å². The van der Waals surface area contributed by atoms with Gasteiger partial charge in [0.2, 0.25) is 5.91 Å². The van der Waals surface area contributed by atoms with Gasteiger partial charge in [0.15, 0.2) is 11.5 Å². The predicted octanol–water partition coefficient (Wildman–Crippen LogP) is 3.23. The Morgan fingerprint density at radius 2 is 1.89 bits per heavy atom. The number of hydrogen-bond donors (Lipinski definition) is 3. The number of ether oxygens (including phenoxy) is 1. The van der Waals surface area contributed by atoms with Gasteiger partial charge in [-0.3, -0.25) is 14.4 Å². The van der Waals surface area contributed by atoms with Crippen molar-refractivity contribution in [1.82, 2.24) is 20.3 Å². The molecule has 10 heteroatoms. The van der Waals surface area contributed by atoms with Crippen molar-refractivity contribution in [2.24, 2.45) is 0 Å². The van der Waals surface area contributed by atoms with Gasteiger partial charge in [0, 0.05) is 29.7 Å². The number of anilines is 1. The lowest BCUT2D eigenvalue weighted by Gasteiger charge is -2.17. The average Bonchev–Trinajstić information content (AvgIpc) is 3.26. The third-order valence-corrected chi connectivity index (χ3v) is 5.84. The molecule has 35 heavy (non-hydrogen) atoms. The number of nitrogens with zero attached hydrogens (tertiary/aromatic N) is 2. The molecular formula is C25H20ClN5O4. The van der Waals surface area contributed by atoms with Gasteiger partial charge in [0.25, 0.3) is 5.91 Å². The van der Waals surface area contributed by atoms with E-state index >= 15 is 0 Å². The SMILES string of the molecule is O=C1COc2ccc(CNC(=O)c3ncnc4c(NC(=O)Cc5ccc(Cl)cc5)c[nH]c34)cc2C1. The van der Waals surface area contributed by atoms with Crippen LogP contribution in [0, 0.1) is 0 Å². The van der Waals surface area contributed by atoms with E-state index in [2.05, 4.69) is 25.6 Å². The van der Waals surface area contributed by atoms with Crippen LogP contribution >= 0.6 is 11.6 Å². The molecule has 0 bridgehead atoms. The van der Waals surface area contributed by atoms with Crippen LogP contribution in [0.15, 0.2) is 55.0 Å². The molecule has 0 atom stereocenters. The van der Waals surface area contributed by atoms with Gasteiger partial charge in [0.05, 0.1) is 17.6 Å². The molecule has 4 aromatic rings. The number of ketones is 1. The third-order valence-electron chi connectivity index (χ3n) is 5.58. The Labute approximate surface area is 204 Å². The Bertz CT molecular complexity index is 1450. The molecule has 0 saturated carbocycles. The number of nitrogens with one attached hydrogen (secondary N) is 3. The molecule has 0 saturated heterocycles. The van der Waals surface area contributed by atoms with Crippen LogP contribution in [0.1, 0.15) is 27.2 Å². The van der Waals surface area contributed by atoms with Gasteiger partial charge >= 0.3 is 0 Å². The predicted molar refractivity (Wildman–Crippen MR) is 129 cm³/mol. The number of hydrogen-bond acceptors (Lipinski definition) is 6. The summed E-state index contributed by atoms with van der Waals surface area (Å²) < 4.78 is 5.41. The second kappa shape index (κ2) is 9.55. The van der Waals surface area contributed by atoms with E-state index in [1.54, 1.807) is 36.5 Å². The maximum atomic E-state index is 12.9. The number of benzene rings is 2. The van der Waals surface area contributed by atoms with Gasteiger partial charge < -0.3 is 20.4 Å². The van der Waals surface area contributed by atoms with Crippen LogP contribution in [0.3, 0.4) is 0 Å². The van der Waals surface area contributed by atoms with Crippen LogP contribution in [0.25, 0.3) is 11.0 Å². The van der Waals surface area contributed by atoms with Gasteiger partial charge in [-0.05, 0) is 35.4 Å². The number of aromatic amines is 1. The molecule has 176 valence electrons. The molecule has 0 unspecified atom stereocenters. The van der Waals surface area contributed by atoms with Crippen LogP contribution < -0.4 is 15.4 Å². The molecule has 1 aliphatic heterocycles. The zero-order valence-corrected chi connectivity index (χ0v) is 19.2. The standard InChI is InChI=1S/C25H20ClN5O4/c26-17-4-1-14(2-5-17)8-21(33)31-19-11-27-23-22(19)29-13-30-24(23)25(34)28-10-15-3-6-20-16(7-15)9-18(32)12-35-20/h1-7,11,13,27H,8-10,12H2,(H,28,34)(H,31,33). The van der Waals surface area contributed by atoms with Crippen molar-refractivity contribution < 1.29 is 19.1 Å². The first-order valence-corrected chi connectivity index (χ1v) is 11.2. The van der Waals surface area contributed by atoms with E-state index in [9.17, 15) is 14.4 Å². The number of H-pyrrole nitrogens is 1. The molecule has 1 aliphatic rings. The lowest BCUT2D eigenvalue weighted by atomic mass is 10.0. The molecule has 3 N–H and O–H groups in total. The van der Waals surface area contributed by atoms with Gasteiger partial charge in [-0.25, -0.2) is 9.97 Å². The maximum Gasteiger partial charge on any atom is 0.272 e. The number of carbonyl (C=O) groups is 3. The smallest absolute Gasteiger partial charge is 0.272 e. The van der Waals surface area contributed by atoms with Gasteiger partial charge in [-0.2, -0.15) is 0 Å². The van der Waals surface area contributed by atoms with Crippen molar-refractivity contribution in [3.63, 3.8) is 0 Å². The highest BCUT2D eigenvalue weighted by Crippen LogP contribution is 2.25. The van der Waals surface area contributed by atoms with Crippen molar-refractivity contribution in [3.05, 3.63) is 82.4 Å². The fourth-order valence-electron chi connectivity index (χ4n) is 3.90. The number of fused-ring (bicyclic) bond motifs is 2. The summed E-state index contributed by atoms with van der Waals surface area (Å²) in [6.07, 6.45) is 3.34. The highest BCUT2D eigenvalue weighted by atomic mass is 35.5. The van der Waals surface area contributed by atoms with Gasteiger partial charge in [-0.15, -0.1) is 0 Å². The number of rotatable bonds is 6. The van der Waals surface area contributed by atoms with Crippen LogP contribution in [0.4, 0.5) is 5.69 Å². The monoisotopic (exact) mass is 489 g/mol. The molecule has 2 aromatic carbocycles. The van der Waals surface area contributed by atoms with E-state index in [0.29, 0.717) is 33.9 Å². The molecule has 0 aliphatic carbocycles. The van der Waals surface area contributed by atoms with Crippen molar-refractivity contribution in [2.45, 2.75) is 19.4 Å². The van der Waals surface area contributed by atoms with Crippen molar-refractivity contribution in [3.8, 4) is 5.75 Å². The summed E-state index contributed by atoms with van der Waals surface area (Å²) in [5.74, 6) is 0.0788. The van der Waals surface area contributed by atoms with Gasteiger partial charge in [-0.1, -0.05) is 29.8 Å². The number of carbonyl (C=O) groups excluding carboxylic acids is 3. The van der Waals surface area contributed by atoms with Crippen LogP contribution in [0.5, 0.6) is 5.75 Å². The first kappa shape index (κ1) is 22.5. The van der Waals surface area contributed by atoms with E-state index < -0.39 is 5.91 Å². The van der Waals surface area contributed by atoms with Crippen LogP contribution in [-0.2, 0) is 29.0 Å². The number of Topliss-reactive ketones (excluding diaryl/α,β-unsaturated/α-hetero) is 1. The Morgan fingerprint density at radius 3 is 2.71 bits per heavy atom. The van der Waals surface area contributed by atoms with E-state index in [-0.39, 0.29) is 37.0 Å². The first-order valence-electron chi connectivity index (χ1n) is 10.9. The zero-order valence-electron chi connectivity index (χ0n) is 18.4. The highest BCUT2D eigenvalue weighted by Gasteiger charge is 2.19. The highest BCUT2D eigenvalue weighted by molar-refractivity contribution is 6.30. The Morgan fingerprint density at radius 1 is 1.09 bits per heavy atom. The number of aromatic nitrogens is 3. The lowest BCUT2D eigenvalue weighted by molar-refractivity contribution is -0.121. The molecule has 0 spiro atoms. The molecule has 5 rings (SSSR count). The van der Waals surface area contributed by atoms with E-state index in [4.69, 9.17) is 16.3 Å². The lowest BCUT2D eigenvalue weighted by Crippen LogP contribution is -2.25. The molecular weight excluding hydrogens is 470 g/mol. The molecule has 0 radical (unpaired) electrons. The summed E-state index contributed by atoms with van der Waals surface area (Å²) in [7, 11) is 0.